The Morgan fingerprint density at radius 1 is 1.35 bits per heavy atom. The van der Waals surface area contributed by atoms with Gasteiger partial charge in [-0.2, -0.15) is 11.8 Å². The Morgan fingerprint density at radius 2 is 2.13 bits per heavy atom. The Hall–Kier alpha value is -1.95. The highest BCUT2D eigenvalue weighted by atomic mass is 32.2. The second-order valence-electron chi connectivity index (χ2n) is 5.84. The summed E-state index contributed by atoms with van der Waals surface area (Å²) in [7, 11) is 0. The summed E-state index contributed by atoms with van der Waals surface area (Å²) >= 11 is 1.72. The Bertz CT molecular complexity index is 741. The number of hydrogen-bond acceptors (Lipinski definition) is 3. The van der Waals surface area contributed by atoms with E-state index < -0.39 is 5.97 Å². The molecule has 1 fully saturated rings. The molecule has 0 saturated carbocycles. The van der Waals surface area contributed by atoms with Gasteiger partial charge in [-0.25, -0.2) is 0 Å². The summed E-state index contributed by atoms with van der Waals surface area (Å²) in [6.07, 6.45) is 0.0180. The molecule has 2 aromatic rings. The van der Waals surface area contributed by atoms with Crippen LogP contribution >= 0.6 is 11.8 Å². The molecule has 1 aromatic carbocycles. The molecule has 1 saturated heterocycles. The zero-order chi connectivity index (χ0) is 16.4. The number of carboxylic acid groups (broad SMARTS) is 1. The smallest absolute Gasteiger partial charge is 0.305 e. The molecule has 5 nitrogen and oxygen atoms in total. The van der Waals surface area contributed by atoms with Gasteiger partial charge in [-0.05, 0) is 24.4 Å². The first kappa shape index (κ1) is 15.9. The number of para-hydroxylation sites is 1. The maximum Gasteiger partial charge on any atom is 0.305 e. The number of hydrogen-bond donors (Lipinski definition) is 1. The SMILES string of the molecule is Cc1cc2ccccc2n1CC(=O)N1CCSCC1CC(=O)O. The molecular formula is C17H20N2O3S. The van der Waals surface area contributed by atoms with Gasteiger partial charge in [0.05, 0.1) is 12.5 Å². The minimum atomic E-state index is -0.849. The number of aliphatic carboxylic acids is 1. The molecule has 1 aliphatic rings. The van der Waals surface area contributed by atoms with E-state index in [1.807, 2.05) is 35.8 Å². The van der Waals surface area contributed by atoms with Crippen LogP contribution in [0.15, 0.2) is 30.3 Å². The van der Waals surface area contributed by atoms with E-state index in [9.17, 15) is 9.59 Å². The lowest BCUT2D eigenvalue weighted by molar-refractivity contribution is -0.140. The molecule has 6 heteroatoms. The number of benzene rings is 1. The number of aryl methyl sites for hydroxylation is 1. The molecule has 3 rings (SSSR count). The Labute approximate surface area is 139 Å². The average Bonchev–Trinajstić information content (AvgIpc) is 2.83. The van der Waals surface area contributed by atoms with E-state index in [0.717, 1.165) is 22.3 Å². The predicted octanol–water partition coefficient (Wildman–Crippen LogP) is 2.37. The van der Waals surface area contributed by atoms with Gasteiger partial charge in [0, 0.05) is 29.3 Å². The molecule has 1 atom stereocenters. The van der Waals surface area contributed by atoms with Crippen LogP contribution in [0.4, 0.5) is 0 Å². The quantitative estimate of drug-likeness (QED) is 0.934. The van der Waals surface area contributed by atoms with E-state index in [1.165, 1.54) is 0 Å². The van der Waals surface area contributed by atoms with Crippen LogP contribution in [0.25, 0.3) is 10.9 Å². The number of aromatic nitrogens is 1. The fraction of sp³-hybridized carbons (Fsp3) is 0.412. The predicted molar refractivity (Wildman–Crippen MR) is 91.8 cm³/mol. The topological polar surface area (TPSA) is 62.5 Å². The van der Waals surface area contributed by atoms with Crippen LogP contribution in [0.1, 0.15) is 12.1 Å². The second kappa shape index (κ2) is 6.66. The van der Waals surface area contributed by atoms with Crippen LogP contribution in [0.2, 0.25) is 0 Å². The van der Waals surface area contributed by atoms with Gasteiger partial charge in [-0.3, -0.25) is 9.59 Å². The van der Waals surface area contributed by atoms with Crippen molar-refractivity contribution < 1.29 is 14.7 Å². The maximum atomic E-state index is 12.8. The van der Waals surface area contributed by atoms with Gasteiger partial charge < -0.3 is 14.6 Å². The molecule has 0 bridgehead atoms. The van der Waals surface area contributed by atoms with Crippen molar-refractivity contribution in [1.82, 2.24) is 9.47 Å². The number of fused-ring (bicyclic) bond motifs is 1. The second-order valence-corrected chi connectivity index (χ2v) is 6.99. The summed E-state index contributed by atoms with van der Waals surface area (Å²) in [4.78, 5) is 25.5. The first-order chi connectivity index (χ1) is 11.1. The standard InChI is InChI=1S/C17H20N2O3S/c1-12-8-13-4-2-3-5-15(13)19(12)10-16(20)18-6-7-23-11-14(18)9-17(21)22/h2-5,8,14H,6-7,9-11H2,1H3,(H,21,22). The van der Waals surface area contributed by atoms with Crippen molar-refractivity contribution >= 4 is 34.5 Å². The average molecular weight is 332 g/mol. The highest BCUT2D eigenvalue weighted by Gasteiger charge is 2.29. The first-order valence-electron chi connectivity index (χ1n) is 7.70. The van der Waals surface area contributed by atoms with Gasteiger partial charge in [0.1, 0.15) is 6.54 Å². The molecule has 0 spiro atoms. The molecule has 23 heavy (non-hydrogen) atoms. The van der Waals surface area contributed by atoms with Gasteiger partial charge >= 0.3 is 5.97 Å². The summed E-state index contributed by atoms with van der Waals surface area (Å²) < 4.78 is 2.01. The van der Waals surface area contributed by atoms with E-state index in [1.54, 1.807) is 16.7 Å². The monoisotopic (exact) mass is 332 g/mol. The van der Waals surface area contributed by atoms with Crippen molar-refractivity contribution in [3.63, 3.8) is 0 Å². The first-order valence-corrected chi connectivity index (χ1v) is 8.85. The lowest BCUT2D eigenvalue weighted by Crippen LogP contribution is -2.48. The number of thioether (sulfide) groups is 1. The summed E-state index contributed by atoms with van der Waals surface area (Å²) in [6.45, 7) is 2.88. The van der Waals surface area contributed by atoms with E-state index in [2.05, 4.69) is 6.07 Å². The van der Waals surface area contributed by atoms with Crippen LogP contribution in [0.3, 0.4) is 0 Å². The molecule has 2 heterocycles. The molecule has 1 aliphatic heterocycles. The third-order valence-electron chi connectivity index (χ3n) is 4.27. The highest BCUT2D eigenvalue weighted by Crippen LogP contribution is 2.22. The van der Waals surface area contributed by atoms with Crippen LogP contribution in [-0.2, 0) is 16.1 Å². The van der Waals surface area contributed by atoms with Crippen molar-refractivity contribution in [2.24, 2.45) is 0 Å². The number of nitrogens with zero attached hydrogens (tertiary/aromatic N) is 2. The van der Waals surface area contributed by atoms with Crippen LogP contribution < -0.4 is 0 Å². The molecule has 0 radical (unpaired) electrons. The van der Waals surface area contributed by atoms with Crippen LogP contribution in [0, 0.1) is 6.92 Å². The Kier molecular flexibility index (Phi) is 4.61. The molecule has 0 aliphatic carbocycles. The Balaban J connectivity index is 1.81. The van der Waals surface area contributed by atoms with E-state index in [-0.39, 0.29) is 24.9 Å². The number of carbonyl (C=O) groups excluding carboxylic acids is 1. The zero-order valence-corrected chi connectivity index (χ0v) is 13.9. The lowest BCUT2D eigenvalue weighted by Gasteiger charge is -2.35. The third kappa shape index (κ3) is 3.37. The van der Waals surface area contributed by atoms with E-state index in [0.29, 0.717) is 12.3 Å². The van der Waals surface area contributed by atoms with Crippen LogP contribution in [0.5, 0.6) is 0 Å². The molecule has 1 unspecified atom stereocenters. The number of rotatable bonds is 4. The summed E-state index contributed by atoms with van der Waals surface area (Å²) in [5.41, 5.74) is 2.08. The fourth-order valence-corrected chi connectivity index (χ4v) is 4.20. The molecular weight excluding hydrogens is 312 g/mol. The third-order valence-corrected chi connectivity index (χ3v) is 5.36. The van der Waals surface area contributed by atoms with E-state index in [4.69, 9.17) is 5.11 Å². The normalized spacial score (nSPS) is 18.3. The summed E-state index contributed by atoms with van der Waals surface area (Å²) in [6, 6.07) is 9.86. The van der Waals surface area contributed by atoms with Gasteiger partial charge in [-0.15, -0.1) is 0 Å². The molecule has 1 aromatic heterocycles. The summed E-state index contributed by atoms with van der Waals surface area (Å²) in [5.74, 6) is 0.718. The van der Waals surface area contributed by atoms with Crippen molar-refractivity contribution in [3.8, 4) is 0 Å². The zero-order valence-electron chi connectivity index (χ0n) is 13.1. The molecule has 1 amide bonds. The lowest BCUT2D eigenvalue weighted by atomic mass is 10.2. The van der Waals surface area contributed by atoms with Crippen molar-refractivity contribution in [2.45, 2.75) is 25.9 Å². The fourth-order valence-electron chi connectivity index (χ4n) is 3.14. The maximum absolute atomic E-state index is 12.8. The van der Waals surface area contributed by atoms with Crippen molar-refractivity contribution in [3.05, 3.63) is 36.0 Å². The molecule has 122 valence electrons. The number of amides is 1. The molecule has 1 N–H and O–H groups in total. The van der Waals surface area contributed by atoms with Gasteiger partial charge in [0.15, 0.2) is 0 Å². The van der Waals surface area contributed by atoms with Crippen LogP contribution in [-0.4, -0.2) is 50.5 Å². The highest BCUT2D eigenvalue weighted by molar-refractivity contribution is 7.99. The number of carbonyl (C=O) groups is 2. The summed E-state index contributed by atoms with van der Waals surface area (Å²) in [5, 5.41) is 10.2. The minimum Gasteiger partial charge on any atom is -0.481 e. The minimum absolute atomic E-state index is 0.000929. The van der Waals surface area contributed by atoms with Crippen molar-refractivity contribution in [1.29, 1.82) is 0 Å². The van der Waals surface area contributed by atoms with Gasteiger partial charge in [-0.1, -0.05) is 18.2 Å². The van der Waals surface area contributed by atoms with E-state index >= 15 is 0 Å². The Morgan fingerprint density at radius 3 is 2.91 bits per heavy atom. The van der Waals surface area contributed by atoms with Gasteiger partial charge in [0.2, 0.25) is 5.91 Å². The number of carboxylic acids is 1. The van der Waals surface area contributed by atoms with Crippen molar-refractivity contribution in [2.75, 3.05) is 18.1 Å². The largest absolute Gasteiger partial charge is 0.481 e. The van der Waals surface area contributed by atoms with Gasteiger partial charge in [0.25, 0.3) is 0 Å².